The average molecular weight is 292 g/mol. The largest absolute Gasteiger partial charge is 0.497 e. The fraction of sp³-hybridized carbons (Fsp3) is 0.467. The minimum Gasteiger partial charge on any atom is -0.497 e. The third kappa shape index (κ3) is 3.72. The molecule has 1 amide bonds. The number of ether oxygens (including phenoxy) is 1. The van der Waals surface area contributed by atoms with Crippen LogP contribution in [-0.2, 0) is 4.79 Å². The van der Waals surface area contributed by atoms with Crippen LogP contribution in [0.4, 0.5) is 5.69 Å². The van der Waals surface area contributed by atoms with Crippen molar-refractivity contribution in [1.82, 2.24) is 5.32 Å². The van der Waals surface area contributed by atoms with Crippen molar-refractivity contribution < 1.29 is 19.4 Å². The number of carboxylic acids is 1. The minimum absolute atomic E-state index is 0.0612. The number of carboxylic acid groups (broad SMARTS) is 1. The van der Waals surface area contributed by atoms with Gasteiger partial charge in [-0.3, -0.25) is 4.79 Å². The zero-order chi connectivity index (χ0) is 15.4. The Bertz CT molecular complexity index is 544. The van der Waals surface area contributed by atoms with E-state index in [9.17, 15) is 14.7 Å². The molecule has 1 fully saturated rings. The predicted octanol–water partition coefficient (Wildman–Crippen LogP) is 1.72. The van der Waals surface area contributed by atoms with Crippen LogP contribution in [0.25, 0.3) is 0 Å². The van der Waals surface area contributed by atoms with Crippen molar-refractivity contribution in [3.05, 3.63) is 23.8 Å². The molecule has 2 atom stereocenters. The number of hydrogen-bond donors (Lipinski definition) is 3. The smallest absolute Gasteiger partial charge is 0.337 e. The number of amides is 1. The Labute approximate surface area is 123 Å². The summed E-state index contributed by atoms with van der Waals surface area (Å²) in [6.45, 7) is 2.83. The molecule has 0 spiro atoms. The highest BCUT2D eigenvalue weighted by Crippen LogP contribution is 2.25. The number of carbonyl (C=O) groups is 2. The van der Waals surface area contributed by atoms with Crippen molar-refractivity contribution >= 4 is 17.6 Å². The van der Waals surface area contributed by atoms with Crippen LogP contribution in [0.1, 0.15) is 30.1 Å². The number of methoxy groups -OCH3 is 1. The lowest BCUT2D eigenvalue weighted by molar-refractivity contribution is -0.120. The van der Waals surface area contributed by atoms with Crippen LogP contribution in [0.3, 0.4) is 0 Å². The second-order valence-electron chi connectivity index (χ2n) is 5.28. The molecule has 6 nitrogen and oxygen atoms in total. The molecule has 0 radical (unpaired) electrons. The molecule has 0 saturated carbocycles. The molecular formula is C15H20N2O4. The van der Waals surface area contributed by atoms with Crippen molar-refractivity contribution in [2.24, 2.45) is 5.92 Å². The maximum absolute atomic E-state index is 12.3. The van der Waals surface area contributed by atoms with E-state index in [1.54, 1.807) is 6.07 Å². The Hall–Kier alpha value is -2.08. The molecule has 1 saturated heterocycles. The standard InChI is InChI=1S/C15H20N2O4/c1-9-7-10(5-6-16-9)14(18)17-13-8-11(21-2)3-4-12(13)15(19)20/h3-4,8-10,16H,5-7H2,1-2H3,(H,17,18)(H,19,20). The van der Waals surface area contributed by atoms with Crippen molar-refractivity contribution in [2.45, 2.75) is 25.8 Å². The number of nitrogens with one attached hydrogen (secondary N) is 2. The summed E-state index contributed by atoms with van der Waals surface area (Å²) in [4.78, 5) is 23.5. The number of hydrogen-bond acceptors (Lipinski definition) is 4. The minimum atomic E-state index is -1.08. The van der Waals surface area contributed by atoms with Gasteiger partial charge in [0.05, 0.1) is 18.4 Å². The van der Waals surface area contributed by atoms with Crippen LogP contribution in [0.15, 0.2) is 18.2 Å². The van der Waals surface area contributed by atoms with Gasteiger partial charge in [0.1, 0.15) is 5.75 Å². The van der Waals surface area contributed by atoms with E-state index in [-0.39, 0.29) is 23.1 Å². The van der Waals surface area contributed by atoms with Gasteiger partial charge >= 0.3 is 5.97 Å². The fourth-order valence-electron chi connectivity index (χ4n) is 2.55. The Morgan fingerprint density at radius 1 is 1.43 bits per heavy atom. The maximum Gasteiger partial charge on any atom is 0.337 e. The molecule has 0 aliphatic carbocycles. The SMILES string of the molecule is COc1ccc(C(=O)O)c(NC(=O)C2CCNC(C)C2)c1. The normalized spacial score (nSPS) is 21.6. The molecule has 1 aromatic carbocycles. The van der Waals surface area contributed by atoms with Crippen LogP contribution < -0.4 is 15.4 Å². The highest BCUT2D eigenvalue weighted by molar-refractivity contribution is 6.01. The van der Waals surface area contributed by atoms with Gasteiger partial charge in [0.2, 0.25) is 5.91 Å². The summed E-state index contributed by atoms with van der Waals surface area (Å²) in [5.41, 5.74) is 0.337. The zero-order valence-electron chi connectivity index (χ0n) is 12.2. The predicted molar refractivity (Wildman–Crippen MR) is 78.8 cm³/mol. The van der Waals surface area contributed by atoms with E-state index in [0.717, 1.165) is 19.4 Å². The zero-order valence-corrected chi connectivity index (χ0v) is 12.2. The van der Waals surface area contributed by atoms with Crippen LogP contribution in [0, 0.1) is 5.92 Å². The number of piperidine rings is 1. The third-order valence-corrected chi connectivity index (χ3v) is 3.71. The molecule has 0 aromatic heterocycles. The molecule has 1 aliphatic heterocycles. The summed E-state index contributed by atoms with van der Waals surface area (Å²) in [5, 5.41) is 15.2. The summed E-state index contributed by atoms with van der Waals surface area (Å²) < 4.78 is 5.08. The second-order valence-corrected chi connectivity index (χ2v) is 5.28. The van der Waals surface area contributed by atoms with Crippen molar-refractivity contribution in [3.8, 4) is 5.75 Å². The molecule has 2 unspecified atom stereocenters. The number of anilines is 1. The number of benzene rings is 1. The lowest BCUT2D eigenvalue weighted by Crippen LogP contribution is -2.40. The highest BCUT2D eigenvalue weighted by atomic mass is 16.5. The van der Waals surface area contributed by atoms with Crippen LogP contribution in [0.2, 0.25) is 0 Å². The van der Waals surface area contributed by atoms with Gasteiger partial charge in [0.25, 0.3) is 0 Å². The van der Waals surface area contributed by atoms with E-state index in [0.29, 0.717) is 11.8 Å². The fourth-order valence-corrected chi connectivity index (χ4v) is 2.55. The third-order valence-electron chi connectivity index (χ3n) is 3.71. The molecule has 6 heteroatoms. The van der Waals surface area contributed by atoms with Gasteiger partial charge in [-0.15, -0.1) is 0 Å². The van der Waals surface area contributed by atoms with Gasteiger partial charge in [-0.25, -0.2) is 4.79 Å². The maximum atomic E-state index is 12.3. The molecule has 3 N–H and O–H groups in total. The quantitative estimate of drug-likeness (QED) is 0.786. The first-order valence-electron chi connectivity index (χ1n) is 6.97. The van der Waals surface area contributed by atoms with Gasteiger partial charge in [-0.05, 0) is 38.4 Å². The van der Waals surface area contributed by atoms with Crippen LogP contribution in [0.5, 0.6) is 5.75 Å². The van der Waals surface area contributed by atoms with Crippen molar-refractivity contribution in [1.29, 1.82) is 0 Å². The van der Waals surface area contributed by atoms with Gasteiger partial charge < -0.3 is 20.5 Å². The lowest BCUT2D eigenvalue weighted by atomic mass is 9.92. The highest BCUT2D eigenvalue weighted by Gasteiger charge is 2.25. The average Bonchev–Trinajstić information content (AvgIpc) is 2.46. The van der Waals surface area contributed by atoms with E-state index in [4.69, 9.17) is 4.74 Å². The summed E-state index contributed by atoms with van der Waals surface area (Å²) in [7, 11) is 1.50. The molecule has 0 bridgehead atoms. The second kappa shape index (κ2) is 6.58. The first-order valence-corrected chi connectivity index (χ1v) is 6.97. The van der Waals surface area contributed by atoms with E-state index in [1.807, 2.05) is 6.92 Å². The van der Waals surface area contributed by atoms with Crippen molar-refractivity contribution in [2.75, 3.05) is 19.0 Å². The molecule has 21 heavy (non-hydrogen) atoms. The van der Waals surface area contributed by atoms with Gasteiger partial charge in [-0.1, -0.05) is 0 Å². The Morgan fingerprint density at radius 2 is 2.19 bits per heavy atom. The van der Waals surface area contributed by atoms with E-state index in [1.165, 1.54) is 19.2 Å². The van der Waals surface area contributed by atoms with Crippen molar-refractivity contribution in [3.63, 3.8) is 0 Å². The Kier molecular flexibility index (Phi) is 4.80. The van der Waals surface area contributed by atoms with Gasteiger partial charge in [-0.2, -0.15) is 0 Å². The van der Waals surface area contributed by atoms with E-state index >= 15 is 0 Å². The molecular weight excluding hydrogens is 272 g/mol. The summed E-state index contributed by atoms with van der Waals surface area (Å²) in [5.74, 6) is -0.811. The summed E-state index contributed by atoms with van der Waals surface area (Å²) in [6, 6.07) is 4.82. The topological polar surface area (TPSA) is 87.7 Å². The number of carbonyl (C=O) groups excluding carboxylic acids is 1. The van der Waals surface area contributed by atoms with Gasteiger partial charge in [0, 0.05) is 18.0 Å². The van der Waals surface area contributed by atoms with Crippen LogP contribution >= 0.6 is 0 Å². The summed E-state index contributed by atoms with van der Waals surface area (Å²) in [6.07, 6.45) is 1.50. The molecule has 1 aromatic rings. The summed E-state index contributed by atoms with van der Waals surface area (Å²) >= 11 is 0. The first kappa shape index (κ1) is 15.3. The Morgan fingerprint density at radius 3 is 2.81 bits per heavy atom. The number of aromatic carboxylic acids is 1. The van der Waals surface area contributed by atoms with Crippen LogP contribution in [-0.4, -0.2) is 36.7 Å². The molecule has 1 heterocycles. The first-order chi connectivity index (χ1) is 10.0. The van der Waals surface area contributed by atoms with E-state index in [2.05, 4.69) is 10.6 Å². The molecule has 2 rings (SSSR count). The lowest BCUT2D eigenvalue weighted by Gasteiger charge is -2.27. The monoisotopic (exact) mass is 292 g/mol. The molecule has 1 aliphatic rings. The van der Waals surface area contributed by atoms with E-state index < -0.39 is 5.97 Å². The van der Waals surface area contributed by atoms with Gasteiger partial charge in [0.15, 0.2) is 0 Å². The molecule has 114 valence electrons. The Balaban J connectivity index is 2.17. The number of rotatable bonds is 4.